The molecule has 0 atom stereocenters. The van der Waals surface area contributed by atoms with E-state index in [9.17, 15) is 9.59 Å². The minimum Gasteiger partial charge on any atom is -0.473 e. The monoisotopic (exact) mass is 367 g/mol. The van der Waals surface area contributed by atoms with Crippen molar-refractivity contribution in [2.24, 2.45) is 0 Å². The highest BCUT2D eigenvalue weighted by atomic mass is 16.5. The van der Waals surface area contributed by atoms with Gasteiger partial charge >= 0.3 is 11.9 Å². The smallest absolute Gasteiger partial charge is 0.414 e. The zero-order valence-electron chi connectivity index (χ0n) is 13.9. The standard InChI is InChI=1S/C14H19N3O3.C2H2O4/c18-13(6-5-12-7-10-15-11-8-12)16-9-3-1-2-4-14(19)17-20;3-1(4)2(5)6/h5-8,10-11,20H,1-4,9H2,(H,16,18)(H,17,19);(H,3,4)(H,5,6). The third-order valence-corrected chi connectivity index (χ3v) is 2.82. The highest BCUT2D eigenvalue weighted by Crippen LogP contribution is 2.00. The van der Waals surface area contributed by atoms with Crippen LogP contribution in [0.4, 0.5) is 0 Å². The predicted octanol–water partition coefficient (Wildman–Crippen LogP) is 0.432. The van der Waals surface area contributed by atoms with E-state index in [0.717, 1.165) is 18.4 Å². The average Bonchev–Trinajstić information content (AvgIpc) is 2.63. The van der Waals surface area contributed by atoms with E-state index in [1.165, 1.54) is 6.08 Å². The van der Waals surface area contributed by atoms with E-state index in [0.29, 0.717) is 19.4 Å². The Morgan fingerprint density at radius 2 is 1.62 bits per heavy atom. The summed E-state index contributed by atoms with van der Waals surface area (Å²) in [5.74, 6) is -4.17. The molecule has 0 aliphatic heterocycles. The summed E-state index contributed by atoms with van der Waals surface area (Å²) < 4.78 is 0. The molecule has 10 heteroatoms. The highest BCUT2D eigenvalue weighted by molar-refractivity contribution is 6.27. The molecule has 26 heavy (non-hydrogen) atoms. The summed E-state index contributed by atoms with van der Waals surface area (Å²) in [6.07, 6.45) is 9.15. The second-order valence-corrected chi connectivity index (χ2v) is 4.86. The van der Waals surface area contributed by atoms with Gasteiger partial charge in [-0.15, -0.1) is 0 Å². The quantitative estimate of drug-likeness (QED) is 0.145. The van der Waals surface area contributed by atoms with Crippen molar-refractivity contribution in [1.82, 2.24) is 15.8 Å². The van der Waals surface area contributed by atoms with Crippen molar-refractivity contribution in [3.63, 3.8) is 0 Å². The zero-order chi connectivity index (χ0) is 19.8. The molecular weight excluding hydrogens is 346 g/mol. The van der Waals surface area contributed by atoms with Crippen LogP contribution in [0, 0.1) is 0 Å². The van der Waals surface area contributed by atoms with Gasteiger partial charge in [-0.3, -0.25) is 19.8 Å². The van der Waals surface area contributed by atoms with Gasteiger partial charge in [0, 0.05) is 31.4 Å². The van der Waals surface area contributed by atoms with Crippen LogP contribution in [0.1, 0.15) is 31.2 Å². The lowest BCUT2D eigenvalue weighted by atomic mass is 10.2. The Morgan fingerprint density at radius 3 is 2.15 bits per heavy atom. The number of hydroxylamine groups is 1. The van der Waals surface area contributed by atoms with Crippen LogP contribution in [0.2, 0.25) is 0 Å². The number of pyridine rings is 1. The maximum absolute atomic E-state index is 11.5. The Hall–Kier alpha value is -3.27. The third-order valence-electron chi connectivity index (χ3n) is 2.82. The molecule has 0 aromatic carbocycles. The van der Waals surface area contributed by atoms with Gasteiger partial charge in [-0.25, -0.2) is 15.1 Å². The maximum atomic E-state index is 11.5. The van der Waals surface area contributed by atoms with Crippen LogP contribution in [0.5, 0.6) is 0 Å². The number of rotatable bonds is 8. The van der Waals surface area contributed by atoms with E-state index in [1.807, 2.05) is 12.1 Å². The molecule has 1 rings (SSSR count). The molecule has 1 heterocycles. The Kier molecular flexibility index (Phi) is 12.3. The first-order chi connectivity index (χ1) is 12.4. The lowest BCUT2D eigenvalue weighted by Crippen LogP contribution is -2.22. The number of hydrogen-bond donors (Lipinski definition) is 5. The predicted molar refractivity (Wildman–Crippen MR) is 89.9 cm³/mol. The molecule has 142 valence electrons. The van der Waals surface area contributed by atoms with Crippen LogP contribution in [-0.4, -0.2) is 50.7 Å². The molecule has 0 aliphatic carbocycles. The Bertz CT molecular complexity index is 606. The summed E-state index contributed by atoms with van der Waals surface area (Å²) in [6.45, 7) is 0.570. The van der Waals surface area contributed by atoms with Gasteiger partial charge in [0.2, 0.25) is 11.8 Å². The molecule has 0 saturated carbocycles. The van der Waals surface area contributed by atoms with Gasteiger partial charge in [0.25, 0.3) is 0 Å². The molecule has 0 fully saturated rings. The zero-order valence-corrected chi connectivity index (χ0v) is 13.9. The van der Waals surface area contributed by atoms with Gasteiger partial charge in [-0.1, -0.05) is 6.42 Å². The fourth-order valence-electron chi connectivity index (χ4n) is 1.56. The molecule has 2 amide bonds. The number of nitrogens with one attached hydrogen (secondary N) is 2. The molecule has 0 bridgehead atoms. The lowest BCUT2D eigenvalue weighted by Gasteiger charge is -2.02. The van der Waals surface area contributed by atoms with Gasteiger partial charge in [0.05, 0.1) is 0 Å². The Balaban J connectivity index is 0.000000896. The van der Waals surface area contributed by atoms with E-state index in [-0.39, 0.29) is 11.8 Å². The molecule has 5 N–H and O–H groups in total. The molecule has 1 aromatic heterocycles. The van der Waals surface area contributed by atoms with Crippen molar-refractivity contribution in [1.29, 1.82) is 0 Å². The largest absolute Gasteiger partial charge is 0.473 e. The lowest BCUT2D eigenvalue weighted by molar-refractivity contribution is -0.159. The maximum Gasteiger partial charge on any atom is 0.414 e. The second-order valence-electron chi connectivity index (χ2n) is 4.86. The number of aromatic nitrogens is 1. The topological polar surface area (TPSA) is 166 Å². The van der Waals surface area contributed by atoms with Gasteiger partial charge in [-0.05, 0) is 36.6 Å². The minimum atomic E-state index is -1.82. The summed E-state index contributed by atoms with van der Waals surface area (Å²) in [5, 5.41) is 25.8. The van der Waals surface area contributed by atoms with Gasteiger partial charge in [0.15, 0.2) is 0 Å². The Labute approximate surface area is 149 Å². The molecule has 0 unspecified atom stereocenters. The van der Waals surface area contributed by atoms with Gasteiger partial charge in [-0.2, -0.15) is 0 Å². The van der Waals surface area contributed by atoms with Crippen molar-refractivity contribution in [3.8, 4) is 0 Å². The summed E-state index contributed by atoms with van der Waals surface area (Å²) in [4.78, 5) is 44.3. The Morgan fingerprint density at radius 1 is 1.00 bits per heavy atom. The molecule has 0 aliphatic rings. The number of carbonyl (C=O) groups excluding carboxylic acids is 2. The molecule has 1 aromatic rings. The van der Waals surface area contributed by atoms with Gasteiger partial charge in [0.1, 0.15) is 0 Å². The van der Waals surface area contributed by atoms with Crippen LogP contribution >= 0.6 is 0 Å². The van der Waals surface area contributed by atoms with Crippen LogP contribution in [0.25, 0.3) is 6.08 Å². The van der Waals surface area contributed by atoms with Crippen molar-refractivity contribution in [2.45, 2.75) is 25.7 Å². The first-order valence-corrected chi connectivity index (χ1v) is 7.62. The van der Waals surface area contributed by atoms with E-state index in [2.05, 4.69) is 10.3 Å². The number of carboxylic acids is 2. The number of aliphatic carboxylic acids is 2. The van der Waals surface area contributed by atoms with Crippen molar-refractivity contribution < 1.29 is 34.6 Å². The molecule has 10 nitrogen and oxygen atoms in total. The number of carbonyl (C=O) groups is 4. The first kappa shape index (κ1) is 22.7. The molecule has 0 radical (unpaired) electrons. The van der Waals surface area contributed by atoms with E-state index >= 15 is 0 Å². The average molecular weight is 367 g/mol. The molecular formula is C16H21N3O7. The number of hydrogen-bond acceptors (Lipinski definition) is 6. The fraction of sp³-hybridized carbons (Fsp3) is 0.312. The molecule has 0 spiro atoms. The second kappa shape index (κ2) is 14.1. The van der Waals surface area contributed by atoms with E-state index in [4.69, 9.17) is 25.0 Å². The van der Waals surface area contributed by atoms with Crippen LogP contribution in [0.3, 0.4) is 0 Å². The normalized spacial score (nSPS) is 9.73. The number of carboxylic acid groups (broad SMARTS) is 2. The summed E-state index contributed by atoms with van der Waals surface area (Å²) in [7, 11) is 0. The van der Waals surface area contributed by atoms with Crippen LogP contribution in [-0.2, 0) is 19.2 Å². The van der Waals surface area contributed by atoms with Crippen molar-refractivity contribution in [3.05, 3.63) is 36.2 Å². The van der Waals surface area contributed by atoms with Crippen molar-refractivity contribution >= 4 is 29.8 Å². The number of amides is 2. The van der Waals surface area contributed by atoms with Crippen LogP contribution in [0.15, 0.2) is 30.6 Å². The molecule has 0 saturated heterocycles. The van der Waals surface area contributed by atoms with E-state index < -0.39 is 11.9 Å². The summed E-state index contributed by atoms with van der Waals surface area (Å²) in [6, 6.07) is 3.63. The minimum absolute atomic E-state index is 0.144. The van der Waals surface area contributed by atoms with E-state index in [1.54, 1.807) is 23.9 Å². The third kappa shape index (κ3) is 13.2. The number of unbranched alkanes of at least 4 members (excludes halogenated alkanes) is 2. The SMILES string of the molecule is O=C(C=Cc1ccncc1)NCCCCCC(=O)NO.O=C(O)C(=O)O. The summed E-state index contributed by atoms with van der Waals surface area (Å²) in [5.41, 5.74) is 2.51. The fourth-order valence-corrected chi connectivity index (χ4v) is 1.56. The van der Waals surface area contributed by atoms with Crippen molar-refractivity contribution in [2.75, 3.05) is 6.54 Å². The van der Waals surface area contributed by atoms with Gasteiger partial charge < -0.3 is 15.5 Å². The van der Waals surface area contributed by atoms with Crippen LogP contribution < -0.4 is 10.8 Å². The summed E-state index contributed by atoms with van der Waals surface area (Å²) >= 11 is 0. The first-order valence-electron chi connectivity index (χ1n) is 7.62. The highest BCUT2D eigenvalue weighted by Gasteiger charge is 2.04. The number of nitrogens with zero attached hydrogens (tertiary/aromatic N) is 1.